The number of hydrogen-bond acceptors (Lipinski definition) is 2. The molecule has 1 amide bonds. The van der Waals surface area contributed by atoms with Crippen molar-refractivity contribution in [2.75, 3.05) is 19.6 Å². The van der Waals surface area contributed by atoms with E-state index in [1.807, 2.05) is 6.07 Å². The van der Waals surface area contributed by atoms with Crippen molar-refractivity contribution in [1.29, 1.82) is 0 Å². The van der Waals surface area contributed by atoms with Crippen molar-refractivity contribution in [3.8, 4) is 0 Å². The third-order valence-electron chi connectivity index (χ3n) is 3.77. The molecule has 1 fully saturated rings. The Kier molecular flexibility index (Phi) is 5.54. The van der Waals surface area contributed by atoms with E-state index in [1.54, 1.807) is 13.0 Å². The Bertz CT molecular complexity index is 473. The van der Waals surface area contributed by atoms with Gasteiger partial charge in [-0.25, -0.2) is 4.39 Å². The zero-order valence-electron chi connectivity index (χ0n) is 11.7. The van der Waals surface area contributed by atoms with Crippen molar-refractivity contribution in [1.82, 2.24) is 10.2 Å². The molecule has 0 radical (unpaired) electrons. The fourth-order valence-corrected chi connectivity index (χ4v) is 2.94. The monoisotopic (exact) mass is 342 g/mol. The first-order valence-electron chi connectivity index (χ1n) is 6.96. The molecule has 1 aromatic rings. The van der Waals surface area contributed by atoms with Gasteiger partial charge in [0.1, 0.15) is 5.82 Å². The number of halogens is 2. The standard InChI is InChI=1S/C15H20BrFN2O/c1-11(20)18-9-12-5-7-19(8-6-12)10-13-3-2-4-14(17)15(13)16/h2-4,12H,5-10H2,1H3,(H,18,20). The lowest BCUT2D eigenvalue weighted by Crippen LogP contribution is -2.37. The number of likely N-dealkylation sites (tertiary alicyclic amines) is 1. The molecule has 0 atom stereocenters. The van der Waals surface area contributed by atoms with Gasteiger partial charge in [-0.1, -0.05) is 12.1 Å². The summed E-state index contributed by atoms with van der Waals surface area (Å²) >= 11 is 3.31. The van der Waals surface area contributed by atoms with Crippen LogP contribution in [0.2, 0.25) is 0 Å². The van der Waals surface area contributed by atoms with Gasteiger partial charge in [0.2, 0.25) is 5.91 Å². The van der Waals surface area contributed by atoms with E-state index >= 15 is 0 Å². The second kappa shape index (κ2) is 7.18. The normalized spacial score (nSPS) is 17.1. The van der Waals surface area contributed by atoms with Gasteiger partial charge in [0.15, 0.2) is 0 Å². The maximum absolute atomic E-state index is 13.5. The van der Waals surface area contributed by atoms with Crippen LogP contribution in [-0.4, -0.2) is 30.4 Å². The van der Waals surface area contributed by atoms with Gasteiger partial charge in [-0.3, -0.25) is 9.69 Å². The quantitative estimate of drug-likeness (QED) is 0.912. The van der Waals surface area contributed by atoms with Crippen LogP contribution in [0.1, 0.15) is 25.3 Å². The van der Waals surface area contributed by atoms with Gasteiger partial charge in [0, 0.05) is 20.0 Å². The molecule has 3 nitrogen and oxygen atoms in total. The maximum atomic E-state index is 13.5. The molecule has 1 N–H and O–H groups in total. The molecule has 0 saturated carbocycles. The van der Waals surface area contributed by atoms with E-state index in [4.69, 9.17) is 0 Å². The van der Waals surface area contributed by atoms with Crippen molar-refractivity contribution in [2.24, 2.45) is 5.92 Å². The summed E-state index contributed by atoms with van der Waals surface area (Å²) in [5.74, 6) is 0.394. The molecule has 1 aliphatic heterocycles. The number of nitrogens with one attached hydrogen (secondary N) is 1. The van der Waals surface area contributed by atoms with Crippen LogP contribution in [-0.2, 0) is 11.3 Å². The Balaban J connectivity index is 1.82. The smallest absolute Gasteiger partial charge is 0.216 e. The van der Waals surface area contributed by atoms with Crippen molar-refractivity contribution < 1.29 is 9.18 Å². The Morgan fingerprint density at radius 2 is 2.15 bits per heavy atom. The molecule has 2 rings (SSSR count). The van der Waals surface area contributed by atoms with Crippen LogP contribution >= 0.6 is 15.9 Å². The highest BCUT2D eigenvalue weighted by Crippen LogP contribution is 2.24. The van der Waals surface area contributed by atoms with Crippen LogP contribution < -0.4 is 5.32 Å². The number of carbonyl (C=O) groups is 1. The summed E-state index contributed by atoms with van der Waals surface area (Å²) in [7, 11) is 0. The number of hydrogen-bond donors (Lipinski definition) is 1. The van der Waals surface area contributed by atoms with E-state index in [2.05, 4.69) is 26.1 Å². The summed E-state index contributed by atoms with van der Waals surface area (Å²) in [5, 5.41) is 2.88. The van der Waals surface area contributed by atoms with Gasteiger partial charge in [0.05, 0.1) is 4.47 Å². The van der Waals surface area contributed by atoms with Crippen molar-refractivity contribution >= 4 is 21.8 Å². The Morgan fingerprint density at radius 1 is 1.45 bits per heavy atom. The summed E-state index contributed by atoms with van der Waals surface area (Å²) in [4.78, 5) is 13.2. The zero-order chi connectivity index (χ0) is 14.5. The number of piperidine rings is 1. The minimum atomic E-state index is -0.206. The molecule has 110 valence electrons. The molecule has 1 saturated heterocycles. The minimum absolute atomic E-state index is 0.0381. The van der Waals surface area contributed by atoms with Crippen LogP contribution in [0.3, 0.4) is 0 Å². The molecule has 20 heavy (non-hydrogen) atoms. The second-order valence-corrected chi connectivity index (χ2v) is 6.16. The number of amides is 1. The second-order valence-electron chi connectivity index (χ2n) is 5.37. The van der Waals surface area contributed by atoms with Gasteiger partial charge in [-0.2, -0.15) is 0 Å². The van der Waals surface area contributed by atoms with Crippen LogP contribution in [0.5, 0.6) is 0 Å². The number of rotatable bonds is 4. The van der Waals surface area contributed by atoms with E-state index in [0.717, 1.165) is 44.6 Å². The highest BCUT2D eigenvalue weighted by Gasteiger charge is 2.20. The van der Waals surface area contributed by atoms with Crippen LogP contribution in [0, 0.1) is 11.7 Å². The topological polar surface area (TPSA) is 32.3 Å². The first-order valence-corrected chi connectivity index (χ1v) is 7.75. The third kappa shape index (κ3) is 4.28. The Morgan fingerprint density at radius 3 is 2.80 bits per heavy atom. The first kappa shape index (κ1) is 15.4. The molecule has 0 aromatic heterocycles. The number of benzene rings is 1. The van der Waals surface area contributed by atoms with E-state index in [0.29, 0.717) is 10.4 Å². The van der Waals surface area contributed by atoms with Crippen LogP contribution in [0.4, 0.5) is 4.39 Å². The highest BCUT2D eigenvalue weighted by atomic mass is 79.9. The molecule has 5 heteroatoms. The maximum Gasteiger partial charge on any atom is 0.216 e. The van der Waals surface area contributed by atoms with Gasteiger partial charge >= 0.3 is 0 Å². The fourth-order valence-electron chi connectivity index (χ4n) is 2.55. The Hall–Kier alpha value is -0.940. The number of carbonyl (C=O) groups excluding carboxylic acids is 1. The van der Waals surface area contributed by atoms with Crippen molar-refractivity contribution in [3.63, 3.8) is 0 Å². The van der Waals surface area contributed by atoms with Gasteiger partial charge in [-0.05, 0) is 59.4 Å². The third-order valence-corrected chi connectivity index (χ3v) is 4.66. The summed E-state index contributed by atoms with van der Waals surface area (Å²) in [5.41, 5.74) is 0.991. The lowest BCUT2D eigenvalue weighted by atomic mass is 9.96. The van der Waals surface area contributed by atoms with Gasteiger partial charge < -0.3 is 5.32 Å². The van der Waals surface area contributed by atoms with Gasteiger partial charge in [-0.15, -0.1) is 0 Å². The first-order chi connectivity index (χ1) is 9.56. The summed E-state index contributed by atoms with van der Waals surface area (Å²) in [6.07, 6.45) is 2.15. The van der Waals surface area contributed by atoms with E-state index in [9.17, 15) is 9.18 Å². The van der Waals surface area contributed by atoms with E-state index in [1.165, 1.54) is 6.07 Å². The largest absolute Gasteiger partial charge is 0.356 e. The molecule has 0 aliphatic carbocycles. The molecule has 0 spiro atoms. The predicted molar refractivity (Wildman–Crippen MR) is 80.8 cm³/mol. The predicted octanol–water partition coefficient (Wildman–Crippen LogP) is 2.94. The average molecular weight is 343 g/mol. The minimum Gasteiger partial charge on any atom is -0.356 e. The number of nitrogens with zero attached hydrogens (tertiary/aromatic N) is 1. The summed E-state index contributed by atoms with van der Waals surface area (Å²) < 4.78 is 14.0. The molecular weight excluding hydrogens is 323 g/mol. The van der Waals surface area contributed by atoms with E-state index < -0.39 is 0 Å². The SMILES string of the molecule is CC(=O)NCC1CCN(Cc2cccc(F)c2Br)CC1. The molecular formula is C15H20BrFN2O. The molecule has 1 heterocycles. The molecule has 0 unspecified atom stereocenters. The Labute approximate surface area is 127 Å². The van der Waals surface area contributed by atoms with E-state index in [-0.39, 0.29) is 11.7 Å². The summed E-state index contributed by atoms with van der Waals surface area (Å²) in [6, 6.07) is 5.17. The zero-order valence-corrected chi connectivity index (χ0v) is 13.2. The van der Waals surface area contributed by atoms with Crippen molar-refractivity contribution in [3.05, 3.63) is 34.1 Å². The average Bonchev–Trinajstić information content (AvgIpc) is 2.43. The summed E-state index contributed by atoms with van der Waals surface area (Å²) in [6.45, 7) is 5.08. The molecule has 1 aromatic carbocycles. The highest BCUT2D eigenvalue weighted by molar-refractivity contribution is 9.10. The van der Waals surface area contributed by atoms with Crippen molar-refractivity contribution in [2.45, 2.75) is 26.3 Å². The fraction of sp³-hybridized carbons (Fsp3) is 0.533. The van der Waals surface area contributed by atoms with Crippen LogP contribution in [0.25, 0.3) is 0 Å². The lowest BCUT2D eigenvalue weighted by molar-refractivity contribution is -0.119. The molecule has 0 bridgehead atoms. The van der Waals surface area contributed by atoms with Gasteiger partial charge in [0.25, 0.3) is 0 Å². The lowest BCUT2D eigenvalue weighted by Gasteiger charge is -2.32. The molecule has 1 aliphatic rings. The van der Waals surface area contributed by atoms with Crippen LogP contribution in [0.15, 0.2) is 22.7 Å².